The lowest BCUT2D eigenvalue weighted by Crippen LogP contribution is -2.32. The quantitative estimate of drug-likeness (QED) is 0.818. The smallest absolute Gasteiger partial charge is 0.396 e. The van der Waals surface area contributed by atoms with Gasteiger partial charge in [0.2, 0.25) is 0 Å². The van der Waals surface area contributed by atoms with E-state index < -0.39 is 23.1 Å². The Morgan fingerprint density at radius 3 is 2.28 bits per heavy atom. The van der Waals surface area contributed by atoms with Crippen LogP contribution in [0.2, 0.25) is 0 Å². The van der Waals surface area contributed by atoms with Crippen molar-refractivity contribution < 1.29 is 22.7 Å². The van der Waals surface area contributed by atoms with Gasteiger partial charge >= 0.3 is 6.18 Å². The lowest BCUT2D eigenvalue weighted by Gasteiger charge is -2.27. The van der Waals surface area contributed by atoms with Gasteiger partial charge in [-0.1, -0.05) is 0 Å². The van der Waals surface area contributed by atoms with E-state index >= 15 is 0 Å². The number of benzene rings is 1. The number of anilines is 1. The van der Waals surface area contributed by atoms with Crippen molar-refractivity contribution in [3.63, 3.8) is 0 Å². The van der Waals surface area contributed by atoms with Crippen molar-refractivity contribution in [3.8, 4) is 0 Å². The fourth-order valence-electron chi connectivity index (χ4n) is 1.50. The number of nitrogens with one attached hydrogen (secondary N) is 1. The van der Waals surface area contributed by atoms with Crippen molar-refractivity contribution in [2.24, 2.45) is 0 Å². The molecule has 1 aromatic rings. The molecule has 0 aromatic heterocycles. The predicted octanol–water partition coefficient (Wildman–Crippen LogP) is 3.42. The highest BCUT2D eigenvalue weighted by Crippen LogP contribution is 2.32. The molecule has 2 N–H and O–H groups in total. The first kappa shape index (κ1) is 14.8. The standard InChI is InChI=1S/C12H15F4NO/c1-11(2,5-6-18)17-10-4-3-8(7-9(10)13)12(14,15)16/h3-4,7,17-18H,5-6H2,1-2H3. The summed E-state index contributed by atoms with van der Waals surface area (Å²) in [5.74, 6) is -0.962. The molecular weight excluding hydrogens is 250 g/mol. The maximum absolute atomic E-state index is 13.5. The molecule has 0 aliphatic carbocycles. The summed E-state index contributed by atoms with van der Waals surface area (Å²) in [6.07, 6.45) is -4.20. The second kappa shape index (κ2) is 5.14. The Hall–Kier alpha value is -1.30. The summed E-state index contributed by atoms with van der Waals surface area (Å²) < 4.78 is 50.5. The Morgan fingerprint density at radius 2 is 1.83 bits per heavy atom. The van der Waals surface area contributed by atoms with Gasteiger partial charge in [0.1, 0.15) is 5.82 Å². The van der Waals surface area contributed by atoms with Crippen molar-refractivity contribution in [2.45, 2.75) is 32.0 Å². The first-order valence-corrected chi connectivity index (χ1v) is 5.41. The fraction of sp³-hybridized carbons (Fsp3) is 0.500. The van der Waals surface area contributed by atoms with E-state index in [2.05, 4.69) is 5.32 Å². The third-order valence-electron chi connectivity index (χ3n) is 2.51. The van der Waals surface area contributed by atoms with E-state index in [1.807, 2.05) is 0 Å². The Bertz CT molecular complexity index is 415. The monoisotopic (exact) mass is 265 g/mol. The number of aliphatic hydroxyl groups is 1. The van der Waals surface area contributed by atoms with E-state index in [-0.39, 0.29) is 12.3 Å². The van der Waals surface area contributed by atoms with Crippen LogP contribution in [0.15, 0.2) is 18.2 Å². The van der Waals surface area contributed by atoms with Gasteiger partial charge in [-0.15, -0.1) is 0 Å². The van der Waals surface area contributed by atoms with Crippen LogP contribution in [0.5, 0.6) is 0 Å². The van der Waals surface area contributed by atoms with Crippen LogP contribution in [0.4, 0.5) is 23.2 Å². The molecule has 2 nitrogen and oxygen atoms in total. The van der Waals surface area contributed by atoms with Crippen LogP contribution in [0.3, 0.4) is 0 Å². The van der Waals surface area contributed by atoms with Crippen molar-refractivity contribution in [2.75, 3.05) is 11.9 Å². The summed E-state index contributed by atoms with van der Waals surface area (Å²) in [5, 5.41) is 11.6. The van der Waals surface area contributed by atoms with Crippen LogP contribution in [-0.2, 0) is 6.18 Å². The van der Waals surface area contributed by atoms with E-state index in [1.54, 1.807) is 13.8 Å². The third-order valence-corrected chi connectivity index (χ3v) is 2.51. The van der Waals surface area contributed by atoms with E-state index in [9.17, 15) is 17.6 Å². The molecule has 0 aliphatic heterocycles. The molecule has 1 aromatic carbocycles. The highest BCUT2D eigenvalue weighted by molar-refractivity contribution is 5.48. The molecule has 0 atom stereocenters. The van der Waals surface area contributed by atoms with Crippen molar-refractivity contribution in [3.05, 3.63) is 29.6 Å². The lowest BCUT2D eigenvalue weighted by atomic mass is 10.0. The van der Waals surface area contributed by atoms with E-state index in [0.29, 0.717) is 12.5 Å². The summed E-state index contributed by atoms with van der Waals surface area (Å²) in [7, 11) is 0. The number of aliphatic hydroxyl groups excluding tert-OH is 1. The predicted molar refractivity (Wildman–Crippen MR) is 60.8 cm³/mol. The minimum atomic E-state index is -4.56. The van der Waals surface area contributed by atoms with Crippen molar-refractivity contribution in [1.29, 1.82) is 0 Å². The summed E-state index contributed by atoms with van der Waals surface area (Å²) in [5.41, 5.74) is -1.64. The normalized spacial score (nSPS) is 12.6. The fourth-order valence-corrected chi connectivity index (χ4v) is 1.50. The van der Waals surface area contributed by atoms with E-state index in [1.165, 1.54) is 0 Å². The Balaban J connectivity index is 2.93. The first-order valence-electron chi connectivity index (χ1n) is 5.41. The molecule has 1 rings (SSSR count). The molecule has 0 unspecified atom stereocenters. The molecule has 0 heterocycles. The molecule has 0 radical (unpaired) electrons. The maximum atomic E-state index is 13.5. The minimum absolute atomic E-state index is 0.0125. The molecule has 0 bridgehead atoms. The second-order valence-electron chi connectivity index (χ2n) is 4.67. The number of halogens is 4. The van der Waals surface area contributed by atoms with Crippen LogP contribution in [0.25, 0.3) is 0 Å². The Morgan fingerprint density at radius 1 is 1.22 bits per heavy atom. The minimum Gasteiger partial charge on any atom is -0.396 e. The topological polar surface area (TPSA) is 32.3 Å². The van der Waals surface area contributed by atoms with Crippen LogP contribution in [0, 0.1) is 5.82 Å². The average Bonchev–Trinajstić information content (AvgIpc) is 2.19. The van der Waals surface area contributed by atoms with Crippen LogP contribution in [0.1, 0.15) is 25.8 Å². The molecule has 0 saturated carbocycles. The van der Waals surface area contributed by atoms with Gasteiger partial charge in [0.15, 0.2) is 0 Å². The van der Waals surface area contributed by atoms with Gasteiger partial charge in [-0.3, -0.25) is 0 Å². The lowest BCUT2D eigenvalue weighted by molar-refractivity contribution is -0.137. The number of rotatable bonds is 4. The van der Waals surface area contributed by atoms with Crippen molar-refractivity contribution in [1.82, 2.24) is 0 Å². The van der Waals surface area contributed by atoms with Gasteiger partial charge in [-0.25, -0.2) is 4.39 Å². The number of alkyl halides is 3. The first-order chi connectivity index (χ1) is 8.15. The van der Waals surface area contributed by atoms with E-state index in [0.717, 1.165) is 12.1 Å². The number of hydrogen-bond acceptors (Lipinski definition) is 2. The van der Waals surface area contributed by atoms with Gasteiger partial charge < -0.3 is 10.4 Å². The summed E-state index contributed by atoms with van der Waals surface area (Å²) in [4.78, 5) is 0. The molecule has 0 spiro atoms. The zero-order chi connectivity index (χ0) is 14.0. The van der Waals surface area contributed by atoms with Gasteiger partial charge in [0, 0.05) is 12.1 Å². The van der Waals surface area contributed by atoms with Gasteiger partial charge in [0.25, 0.3) is 0 Å². The second-order valence-corrected chi connectivity index (χ2v) is 4.67. The molecule has 102 valence electrons. The highest BCUT2D eigenvalue weighted by atomic mass is 19.4. The van der Waals surface area contributed by atoms with Gasteiger partial charge in [0.05, 0.1) is 11.3 Å². The summed E-state index contributed by atoms with van der Waals surface area (Å²) in [6.45, 7) is 3.35. The summed E-state index contributed by atoms with van der Waals surface area (Å²) in [6, 6.07) is 2.33. The third kappa shape index (κ3) is 3.87. The molecule has 18 heavy (non-hydrogen) atoms. The molecule has 0 amide bonds. The zero-order valence-corrected chi connectivity index (χ0v) is 10.1. The number of hydrogen-bond donors (Lipinski definition) is 2. The van der Waals surface area contributed by atoms with Gasteiger partial charge in [-0.05, 0) is 38.5 Å². The molecule has 0 saturated heterocycles. The van der Waals surface area contributed by atoms with Crippen LogP contribution in [-0.4, -0.2) is 17.3 Å². The average molecular weight is 265 g/mol. The van der Waals surface area contributed by atoms with Crippen LogP contribution >= 0.6 is 0 Å². The molecule has 0 aliphatic rings. The Kier molecular flexibility index (Phi) is 4.21. The maximum Gasteiger partial charge on any atom is 0.416 e. The van der Waals surface area contributed by atoms with Crippen LogP contribution < -0.4 is 5.32 Å². The van der Waals surface area contributed by atoms with Crippen molar-refractivity contribution >= 4 is 5.69 Å². The van der Waals surface area contributed by atoms with E-state index in [4.69, 9.17) is 5.11 Å². The zero-order valence-electron chi connectivity index (χ0n) is 10.1. The molecular formula is C12H15F4NO. The molecule has 0 fully saturated rings. The highest BCUT2D eigenvalue weighted by Gasteiger charge is 2.31. The van der Waals surface area contributed by atoms with Gasteiger partial charge in [-0.2, -0.15) is 13.2 Å². The summed E-state index contributed by atoms with van der Waals surface area (Å²) >= 11 is 0. The molecule has 6 heteroatoms. The Labute approximate surface area is 103 Å². The largest absolute Gasteiger partial charge is 0.416 e. The SMILES string of the molecule is CC(C)(CCO)Nc1ccc(C(F)(F)F)cc1F.